The minimum absolute atomic E-state index is 0. The summed E-state index contributed by atoms with van der Waals surface area (Å²) in [5.74, 6) is 1.31. The maximum Gasteiger partial charge on any atom is 0.0704 e. The van der Waals surface area contributed by atoms with Gasteiger partial charge in [-0.05, 0) is 76.9 Å². The Morgan fingerprint density at radius 2 is 0.978 bits per heavy atom. The first-order valence-electron chi connectivity index (χ1n) is 15.6. The summed E-state index contributed by atoms with van der Waals surface area (Å²) in [6, 6.07) is 47.7. The molecule has 229 valence electrons. The number of aromatic nitrogens is 2. The third-order valence-electron chi connectivity index (χ3n) is 7.39. The molecule has 1 radical (unpaired) electrons. The maximum atomic E-state index is 4.55. The van der Waals surface area contributed by atoms with Crippen molar-refractivity contribution < 1.29 is 20.1 Å². The van der Waals surface area contributed by atoms with Gasteiger partial charge in [-0.1, -0.05) is 118 Å². The van der Waals surface area contributed by atoms with Crippen LogP contribution in [0.5, 0.6) is 0 Å². The first kappa shape index (κ1) is 33.7. The minimum Gasteiger partial charge on any atom is -0.305 e. The monoisotopic (exact) mass is 766 g/mol. The number of rotatable bonds is 8. The van der Waals surface area contributed by atoms with Crippen LogP contribution in [0.25, 0.3) is 44.8 Å². The molecule has 6 aromatic rings. The Bertz CT molecular complexity index is 1630. The van der Waals surface area contributed by atoms with E-state index >= 15 is 0 Å². The summed E-state index contributed by atoms with van der Waals surface area (Å²) in [6.07, 6.45) is 5.99. The first-order valence-corrected chi connectivity index (χ1v) is 15.6. The molecule has 45 heavy (non-hydrogen) atoms. The number of hydrogen-bond acceptors (Lipinski definition) is 2. The van der Waals surface area contributed by atoms with E-state index in [1.807, 2.05) is 30.6 Å². The largest absolute Gasteiger partial charge is 0.305 e. The summed E-state index contributed by atoms with van der Waals surface area (Å²) in [5.41, 5.74) is 11.8. The van der Waals surface area contributed by atoms with E-state index in [4.69, 9.17) is 0 Å². The summed E-state index contributed by atoms with van der Waals surface area (Å²) in [4.78, 5) is 9.07. The van der Waals surface area contributed by atoms with E-state index in [-0.39, 0.29) is 20.1 Å². The summed E-state index contributed by atoms with van der Waals surface area (Å²) in [7, 11) is 0. The van der Waals surface area contributed by atoms with Crippen LogP contribution in [0.4, 0.5) is 0 Å². The van der Waals surface area contributed by atoms with Crippen LogP contribution >= 0.6 is 0 Å². The van der Waals surface area contributed by atoms with Gasteiger partial charge in [-0.15, -0.1) is 35.4 Å². The van der Waals surface area contributed by atoms with Gasteiger partial charge in [0.2, 0.25) is 0 Å². The Morgan fingerprint density at radius 3 is 1.56 bits per heavy atom. The maximum absolute atomic E-state index is 4.55. The zero-order valence-electron chi connectivity index (χ0n) is 26.6. The van der Waals surface area contributed by atoms with E-state index in [0.29, 0.717) is 11.8 Å². The average Bonchev–Trinajstić information content (AvgIpc) is 3.06. The van der Waals surface area contributed by atoms with Crippen LogP contribution in [0.15, 0.2) is 140 Å². The van der Waals surface area contributed by atoms with Crippen molar-refractivity contribution in [3.63, 3.8) is 0 Å². The second-order valence-corrected chi connectivity index (χ2v) is 12.1. The SMILES string of the molecule is CC(C)Cc1ccnc(-c2[c-]ccc(-c3ccccc3)c2)c1.CC(C)Cc1ccnc(-c2cccc(-c3ccccc3)c2)c1.[Ir]. The van der Waals surface area contributed by atoms with Crippen molar-refractivity contribution in [1.82, 2.24) is 9.97 Å². The zero-order chi connectivity index (χ0) is 30.7. The fourth-order valence-corrected chi connectivity index (χ4v) is 5.36. The predicted octanol–water partition coefficient (Wildman–Crippen LogP) is 11.0. The normalized spacial score (nSPS) is 10.6. The van der Waals surface area contributed by atoms with Crippen molar-refractivity contribution in [2.45, 2.75) is 40.5 Å². The van der Waals surface area contributed by atoms with Gasteiger partial charge in [0, 0.05) is 38.1 Å². The molecule has 0 spiro atoms. The average molecular weight is 766 g/mol. The van der Waals surface area contributed by atoms with Gasteiger partial charge in [-0.2, -0.15) is 0 Å². The van der Waals surface area contributed by atoms with Crippen molar-refractivity contribution in [3.05, 3.63) is 157 Å². The standard InChI is InChI=1S/C21H21N.C21H20N.Ir/c2*1-16(2)13-17-11-12-22-21(14-17)20-10-6-9-19(15-20)18-7-4-3-5-8-18;/h3-12,14-16H,13H2,1-2H3;3-9,11-12,14-16H,13H2,1-2H3;/q;-1;. The van der Waals surface area contributed by atoms with Gasteiger partial charge in [0.25, 0.3) is 0 Å². The fourth-order valence-electron chi connectivity index (χ4n) is 5.36. The summed E-state index contributed by atoms with van der Waals surface area (Å²) >= 11 is 0. The van der Waals surface area contributed by atoms with Crippen molar-refractivity contribution in [1.29, 1.82) is 0 Å². The number of benzene rings is 4. The van der Waals surface area contributed by atoms with Crippen LogP contribution in [-0.4, -0.2) is 9.97 Å². The fraction of sp³-hybridized carbons (Fsp3) is 0.190. The van der Waals surface area contributed by atoms with Crippen LogP contribution in [-0.2, 0) is 32.9 Å². The molecule has 0 saturated heterocycles. The molecule has 0 saturated carbocycles. The van der Waals surface area contributed by atoms with Gasteiger partial charge in [-0.25, -0.2) is 0 Å². The third-order valence-corrected chi connectivity index (χ3v) is 7.39. The van der Waals surface area contributed by atoms with Gasteiger partial charge in [0.15, 0.2) is 0 Å². The smallest absolute Gasteiger partial charge is 0.0704 e. The van der Waals surface area contributed by atoms with Gasteiger partial charge < -0.3 is 4.98 Å². The molecule has 0 N–H and O–H groups in total. The first-order chi connectivity index (χ1) is 21.4. The number of hydrogen-bond donors (Lipinski definition) is 0. The Kier molecular flexibility index (Phi) is 12.6. The van der Waals surface area contributed by atoms with Gasteiger partial charge >= 0.3 is 0 Å². The van der Waals surface area contributed by atoms with E-state index in [1.165, 1.54) is 38.9 Å². The van der Waals surface area contributed by atoms with Crippen molar-refractivity contribution in [2.24, 2.45) is 11.8 Å². The molecule has 0 amide bonds. The van der Waals surface area contributed by atoms with Crippen LogP contribution in [0, 0.1) is 17.9 Å². The van der Waals surface area contributed by atoms with Gasteiger partial charge in [-0.3, -0.25) is 4.98 Å². The van der Waals surface area contributed by atoms with Gasteiger partial charge in [0.05, 0.1) is 5.69 Å². The van der Waals surface area contributed by atoms with E-state index in [2.05, 4.69) is 153 Å². The quantitative estimate of drug-likeness (QED) is 0.144. The molecule has 0 unspecified atom stereocenters. The molecule has 2 aromatic heterocycles. The molecule has 4 aromatic carbocycles. The molecule has 2 nitrogen and oxygen atoms in total. The number of pyridine rings is 2. The van der Waals surface area contributed by atoms with Crippen LogP contribution in [0.3, 0.4) is 0 Å². The Labute approximate surface area is 283 Å². The van der Waals surface area contributed by atoms with Crippen LogP contribution in [0.2, 0.25) is 0 Å². The molecule has 0 fully saturated rings. The van der Waals surface area contributed by atoms with E-state index in [0.717, 1.165) is 29.8 Å². The van der Waals surface area contributed by atoms with Crippen LogP contribution in [0.1, 0.15) is 38.8 Å². The van der Waals surface area contributed by atoms with E-state index in [1.54, 1.807) is 0 Å². The van der Waals surface area contributed by atoms with Gasteiger partial charge in [0.1, 0.15) is 0 Å². The topological polar surface area (TPSA) is 25.8 Å². The minimum atomic E-state index is 0. The summed E-state index contributed by atoms with van der Waals surface area (Å²) < 4.78 is 0. The molecular weight excluding hydrogens is 725 g/mol. The number of nitrogens with zero attached hydrogens (tertiary/aromatic N) is 2. The van der Waals surface area contributed by atoms with Crippen molar-refractivity contribution >= 4 is 0 Å². The Balaban J connectivity index is 0.000000200. The second kappa shape index (κ2) is 16.8. The van der Waals surface area contributed by atoms with E-state index in [9.17, 15) is 0 Å². The Hall–Kier alpha value is -4.17. The third kappa shape index (κ3) is 9.91. The van der Waals surface area contributed by atoms with Crippen LogP contribution < -0.4 is 0 Å². The summed E-state index contributed by atoms with van der Waals surface area (Å²) in [5, 5.41) is 0. The molecule has 0 bridgehead atoms. The molecule has 3 heteroatoms. The molecule has 0 aliphatic carbocycles. The molecule has 6 rings (SSSR count). The Morgan fingerprint density at radius 1 is 0.489 bits per heavy atom. The molecule has 2 heterocycles. The molecular formula is C42H41IrN2-. The van der Waals surface area contributed by atoms with Crippen molar-refractivity contribution in [2.75, 3.05) is 0 Å². The summed E-state index contributed by atoms with van der Waals surface area (Å²) in [6.45, 7) is 8.97. The molecule has 0 atom stereocenters. The second-order valence-electron chi connectivity index (χ2n) is 12.1. The predicted molar refractivity (Wildman–Crippen MR) is 186 cm³/mol. The zero-order valence-corrected chi connectivity index (χ0v) is 29.0. The van der Waals surface area contributed by atoms with Crippen molar-refractivity contribution in [3.8, 4) is 44.8 Å². The molecule has 0 aliphatic heterocycles. The molecule has 0 aliphatic rings. The van der Waals surface area contributed by atoms with E-state index < -0.39 is 0 Å².